The van der Waals surface area contributed by atoms with Crippen molar-refractivity contribution in [3.8, 4) is 11.8 Å². The molecule has 8 heteroatoms. The fraction of sp³-hybridized carbons (Fsp3) is 0.0417. The largest absolute Gasteiger partial charge is 0.423 e. The fourth-order valence-corrected chi connectivity index (χ4v) is 2.72. The molecule has 0 bridgehead atoms. The molecule has 3 aromatic rings. The normalized spacial score (nSPS) is 11.4. The molecule has 0 radical (unpaired) electrons. The molecule has 0 aliphatic heterocycles. The van der Waals surface area contributed by atoms with Gasteiger partial charge in [-0.1, -0.05) is 42.5 Å². The van der Waals surface area contributed by atoms with Crippen molar-refractivity contribution in [1.29, 1.82) is 5.26 Å². The molecule has 0 saturated heterocycles. The number of hydrogen-bond donors (Lipinski definition) is 1. The summed E-state index contributed by atoms with van der Waals surface area (Å²) in [5.41, 5.74) is -1.07. The van der Waals surface area contributed by atoms with Crippen molar-refractivity contribution >= 4 is 23.6 Å². The zero-order valence-corrected chi connectivity index (χ0v) is 16.4. The number of esters is 1. The number of para-hydroxylation sites is 1. The highest BCUT2D eigenvalue weighted by Gasteiger charge is 2.33. The van der Waals surface area contributed by atoms with Gasteiger partial charge in [-0.05, 0) is 48.0 Å². The number of anilines is 1. The molecule has 0 heterocycles. The second kappa shape index (κ2) is 9.62. The lowest BCUT2D eigenvalue weighted by atomic mass is 10.1. The number of nitriles is 1. The number of hydrogen-bond acceptors (Lipinski definition) is 4. The minimum absolute atomic E-state index is 0.248. The molecule has 5 nitrogen and oxygen atoms in total. The molecule has 0 spiro atoms. The van der Waals surface area contributed by atoms with Gasteiger partial charge >= 0.3 is 12.1 Å². The van der Waals surface area contributed by atoms with E-state index in [4.69, 9.17) is 4.74 Å². The van der Waals surface area contributed by atoms with Crippen molar-refractivity contribution in [2.24, 2.45) is 0 Å². The molecule has 0 fully saturated rings. The number of nitrogens with one attached hydrogen (secondary N) is 1. The number of amides is 1. The molecule has 3 aromatic carbocycles. The van der Waals surface area contributed by atoms with Crippen LogP contribution in [-0.4, -0.2) is 11.9 Å². The first-order valence-electron chi connectivity index (χ1n) is 9.24. The van der Waals surface area contributed by atoms with E-state index in [0.29, 0.717) is 11.1 Å². The first-order valence-corrected chi connectivity index (χ1v) is 9.24. The third-order valence-corrected chi connectivity index (χ3v) is 4.26. The van der Waals surface area contributed by atoms with Gasteiger partial charge in [0.05, 0.1) is 16.8 Å². The molecule has 0 saturated carbocycles. The number of ether oxygens (including phenoxy) is 1. The van der Waals surface area contributed by atoms with Gasteiger partial charge in [0.25, 0.3) is 5.91 Å². The summed E-state index contributed by atoms with van der Waals surface area (Å²) < 4.78 is 44.5. The van der Waals surface area contributed by atoms with Crippen LogP contribution in [0.15, 0.2) is 84.4 Å². The smallest absolute Gasteiger partial charge is 0.418 e. The van der Waals surface area contributed by atoms with Crippen LogP contribution in [-0.2, 0) is 11.0 Å². The standard InChI is InChI=1S/C24H15F3N2O3/c25-24(26,27)20-8-4-5-9-21(20)29-22(30)18(15-28)14-16-10-12-19(13-11-16)32-23(31)17-6-2-1-3-7-17/h1-14H,(H,29,30). The summed E-state index contributed by atoms with van der Waals surface area (Å²) in [5.74, 6) is -1.28. The molecular weight excluding hydrogens is 421 g/mol. The summed E-state index contributed by atoms with van der Waals surface area (Å²) in [6.45, 7) is 0. The van der Waals surface area contributed by atoms with E-state index in [1.54, 1.807) is 36.4 Å². The van der Waals surface area contributed by atoms with Crippen molar-refractivity contribution in [1.82, 2.24) is 0 Å². The summed E-state index contributed by atoms with van der Waals surface area (Å²) in [5, 5.41) is 11.4. The van der Waals surface area contributed by atoms with E-state index in [9.17, 15) is 28.0 Å². The first-order chi connectivity index (χ1) is 15.3. The van der Waals surface area contributed by atoms with Crippen LogP contribution in [0.2, 0.25) is 0 Å². The van der Waals surface area contributed by atoms with E-state index in [-0.39, 0.29) is 5.75 Å². The van der Waals surface area contributed by atoms with Crippen LogP contribution in [0.25, 0.3) is 6.08 Å². The van der Waals surface area contributed by atoms with Gasteiger partial charge in [-0.2, -0.15) is 18.4 Å². The van der Waals surface area contributed by atoms with E-state index in [1.165, 1.54) is 42.5 Å². The van der Waals surface area contributed by atoms with Gasteiger partial charge in [0.15, 0.2) is 0 Å². The van der Waals surface area contributed by atoms with Crippen LogP contribution in [0.5, 0.6) is 5.75 Å². The van der Waals surface area contributed by atoms with Crippen LogP contribution < -0.4 is 10.1 Å². The number of carbonyl (C=O) groups is 2. The van der Waals surface area contributed by atoms with Gasteiger partial charge in [-0.3, -0.25) is 4.79 Å². The topological polar surface area (TPSA) is 79.2 Å². The molecule has 0 aromatic heterocycles. The zero-order valence-electron chi connectivity index (χ0n) is 16.4. The highest BCUT2D eigenvalue weighted by Crippen LogP contribution is 2.34. The lowest BCUT2D eigenvalue weighted by Gasteiger charge is -2.13. The Morgan fingerprint density at radius 1 is 0.906 bits per heavy atom. The number of alkyl halides is 3. The van der Waals surface area contributed by atoms with Gasteiger partial charge in [-0.15, -0.1) is 0 Å². The number of nitrogens with zero attached hydrogens (tertiary/aromatic N) is 1. The first kappa shape index (κ1) is 22.3. The molecule has 1 N–H and O–H groups in total. The molecule has 0 aliphatic rings. The Kier molecular flexibility index (Phi) is 6.71. The molecule has 3 rings (SSSR count). The van der Waals surface area contributed by atoms with E-state index < -0.39 is 34.9 Å². The zero-order chi connectivity index (χ0) is 23.1. The number of rotatable bonds is 5. The van der Waals surface area contributed by atoms with Crippen molar-refractivity contribution in [2.75, 3.05) is 5.32 Å². The number of benzene rings is 3. The summed E-state index contributed by atoms with van der Waals surface area (Å²) in [6.07, 6.45) is -3.44. The summed E-state index contributed by atoms with van der Waals surface area (Å²) >= 11 is 0. The van der Waals surface area contributed by atoms with Gasteiger partial charge in [0.2, 0.25) is 0 Å². The summed E-state index contributed by atoms with van der Waals surface area (Å²) in [4.78, 5) is 24.4. The molecule has 160 valence electrons. The highest BCUT2D eigenvalue weighted by molar-refractivity contribution is 6.10. The highest BCUT2D eigenvalue weighted by atomic mass is 19.4. The van der Waals surface area contributed by atoms with Crippen LogP contribution in [0, 0.1) is 11.3 Å². The van der Waals surface area contributed by atoms with Gasteiger partial charge in [0, 0.05) is 0 Å². The maximum atomic E-state index is 13.1. The average molecular weight is 436 g/mol. The predicted molar refractivity (Wildman–Crippen MR) is 112 cm³/mol. The molecule has 0 atom stereocenters. The molecule has 0 aliphatic carbocycles. The Morgan fingerprint density at radius 2 is 1.53 bits per heavy atom. The summed E-state index contributed by atoms with van der Waals surface area (Å²) in [7, 11) is 0. The van der Waals surface area contributed by atoms with Crippen LogP contribution >= 0.6 is 0 Å². The second-order valence-corrected chi connectivity index (χ2v) is 6.49. The lowest BCUT2D eigenvalue weighted by Crippen LogP contribution is -2.17. The van der Waals surface area contributed by atoms with Gasteiger partial charge in [-0.25, -0.2) is 4.79 Å². The number of halogens is 3. The minimum Gasteiger partial charge on any atom is -0.423 e. The van der Waals surface area contributed by atoms with Crippen molar-refractivity contribution < 1.29 is 27.5 Å². The van der Waals surface area contributed by atoms with Gasteiger partial charge < -0.3 is 10.1 Å². The predicted octanol–water partition coefficient (Wildman–Crippen LogP) is 5.47. The third kappa shape index (κ3) is 5.61. The Morgan fingerprint density at radius 3 is 2.16 bits per heavy atom. The Hall–Kier alpha value is -4.38. The molecular formula is C24H15F3N2O3. The Balaban J connectivity index is 1.73. The lowest BCUT2D eigenvalue weighted by molar-refractivity contribution is -0.137. The van der Waals surface area contributed by atoms with E-state index in [2.05, 4.69) is 5.32 Å². The van der Waals surface area contributed by atoms with E-state index >= 15 is 0 Å². The van der Waals surface area contributed by atoms with Gasteiger partial charge in [0.1, 0.15) is 17.4 Å². The van der Waals surface area contributed by atoms with E-state index in [0.717, 1.165) is 12.1 Å². The SMILES string of the molecule is N#CC(=Cc1ccc(OC(=O)c2ccccc2)cc1)C(=O)Nc1ccccc1C(F)(F)F. The van der Waals surface area contributed by atoms with Crippen molar-refractivity contribution in [2.45, 2.75) is 6.18 Å². The maximum Gasteiger partial charge on any atom is 0.418 e. The second-order valence-electron chi connectivity index (χ2n) is 6.49. The van der Waals surface area contributed by atoms with Crippen molar-refractivity contribution in [3.05, 3.63) is 101 Å². The van der Waals surface area contributed by atoms with Crippen LogP contribution in [0.4, 0.5) is 18.9 Å². The quantitative estimate of drug-likeness (QED) is 0.249. The van der Waals surface area contributed by atoms with Crippen LogP contribution in [0.1, 0.15) is 21.5 Å². The van der Waals surface area contributed by atoms with Crippen LogP contribution in [0.3, 0.4) is 0 Å². The third-order valence-electron chi connectivity index (χ3n) is 4.26. The average Bonchev–Trinajstić information content (AvgIpc) is 2.78. The molecule has 0 unspecified atom stereocenters. The van der Waals surface area contributed by atoms with Crippen molar-refractivity contribution in [3.63, 3.8) is 0 Å². The molecule has 32 heavy (non-hydrogen) atoms. The Labute approximate surface area is 181 Å². The Bertz CT molecular complexity index is 1200. The molecule has 1 amide bonds. The van der Waals surface area contributed by atoms with E-state index in [1.807, 2.05) is 0 Å². The summed E-state index contributed by atoms with van der Waals surface area (Å²) in [6, 6.07) is 20.5. The fourth-order valence-electron chi connectivity index (χ4n) is 2.72. The maximum absolute atomic E-state index is 13.1. The minimum atomic E-state index is -4.66. The number of carbonyl (C=O) groups excluding carboxylic acids is 2. The monoisotopic (exact) mass is 436 g/mol.